The van der Waals surface area contributed by atoms with Crippen molar-refractivity contribution in [2.75, 3.05) is 13.2 Å². The molecule has 0 N–H and O–H groups in total. The van der Waals surface area contributed by atoms with Crippen molar-refractivity contribution in [1.29, 1.82) is 5.26 Å². The fourth-order valence-corrected chi connectivity index (χ4v) is 1.72. The third kappa shape index (κ3) is 2.03. The van der Waals surface area contributed by atoms with Gasteiger partial charge in [0, 0.05) is 16.8 Å². The van der Waals surface area contributed by atoms with Gasteiger partial charge in [0.25, 0.3) is 0 Å². The Labute approximate surface area is 102 Å². The van der Waals surface area contributed by atoms with E-state index in [0.29, 0.717) is 19.0 Å². The van der Waals surface area contributed by atoms with E-state index in [2.05, 4.69) is 36.8 Å². The van der Waals surface area contributed by atoms with Crippen molar-refractivity contribution in [3.8, 4) is 6.07 Å². The second-order valence-corrected chi connectivity index (χ2v) is 5.65. The lowest BCUT2D eigenvalue weighted by Gasteiger charge is -2.34. The molecule has 0 spiro atoms. The molecule has 0 aliphatic carbocycles. The molecule has 0 atom stereocenters. The molecule has 0 saturated carbocycles. The molecule has 1 fully saturated rings. The molecule has 4 heteroatoms. The first-order valence-electron chi connectivity index (χ1n) is 5.73. The molecule has 2 heterocycles. The monoisotopic (exact) mass is 231 g/mol. The van der Waals surface area contributed by atoms with Crippen LogP contribution in [0.25, 0.3) is 0 Å². The normalized spacial score (nSPS) is 18.3. The molecule has 0 aromatic carbocycles. The maximum atomic E-state index is 9.26. The summed E-state index contributed by atoms with van der Waals surface area (Å²) in [7, 11) is 0. The largest absolute Gasteiger partial charge is 0.377 e. The van der Waals surface area contributed by atoms with Crippen molar-refractivity contribution >= 4 is 0 Å². The summed E-state index contributed by atoms with van der Waals surface area (Å²) in [6.45, 7) is 9.05. The van der Waals surface area contributed by atoms with Crippen LogP contribution in [0.2, 0.25) is 0 Å². The van der Waals surface area contributed by atoms with Gasteiger partial charge in [-0.1, -0.05) is 20.8 Å². The Hall–Kier alpha value is -1.47. The van der Waals surface area contributed by atoms with Crippen molar-refractivity contribution in [3.05, 3.63) is 23.3 Å². The summed E-state index contributed by atoms with van der Waals surface area (Å²) >= 11 is 0. The quantitative estimate of drug-likeness (QED) is 0.740. The molecular formula is C13H17N3O. The highest BCUT2D eigenvalue weighted by atomic mass is 16.5. The number of nitrogens with zero attached hydrogens (tertiary/aromatic N) is 3. The lowest BCUT2D eigenvalue weighted by atomic mass is 9.85. The lowest BCUT2D eigenvalue weighted by Crippen LogP contribution is -2.47. The van der Waals surface area contributed by atoms with Gasteiger partial charge >= 0.3 is 0 Å². The first-order valence-corrected chi connectivity index (χ1v) is 5.73. The molecule has 0 unspecified atom stereocenters. The molecule has 2 rings (SSSR count). The van der Waals surface area contributed by atoms with Crippen LogP contribution in [0.4, 0.5) is 0 Å². The second kappa shape index (κ2) is 3.78. The van der Waals surface area contributed by atoms with Gasteiger partial charge in [-0.05, 0) is 13.0 Å². The molecule has 1 aliphatic rings. The predicted molar refractivity (Wildman–Crippen MR) is 63.6 cm³/mol. The SMILES string of the molecule is Cc1cc(C(C)(C)C)nc(C2(C#N)COC2)n1. The molecule has 0 bridgehead atoms. The molecule has 17 heavy (non-hydrogen) atoms. The number of nitriles is 1. The fraction of sp³-hybridized carbons (Fsp3) is 0.615. The highest BCUT2D eigenvalue weighted by Crippen LogP contribution is 2.31. The van der Waals surface area contributed by atoms with Gasteiger partial charge < -0.3 is 4.74 Å². The molecule has 90 valence electrons. The first kappa shape index (κ1) is 12.0. The van der Waals surface area contributed by atoms with Gasteiger partial charge in [-0.25, -0.2) is 9.97 Å². The lowest BCUT2D eigenvalue weighted by molar-refractivity contribution is -0.0341. The number of rotatable bonds is 1. The average Bonchev–Trinajstić information content (AvgIpc) is 2.14. The van der Waals surface area contributed by atoms with Crippen LogP contribution in [0.15, 0.2) is 6.07 Å². The second-order valence-electron chi connectivity index (χ2n) is 5.65. The van der Waals surface area contributed by atoms with E-state index in [9.17, 15) is 5.26 Å². The highest BCUT2D eigenvalue weighted by Gasteiger charge is 2.44. The molecule has 0 radical (unpaired) electrons. The van der Waals surface area contributed by atoms with Gasteiger partial charge in [-0.2, -0.15) is 5.26 Å². The van der Waals surface area contributed by atoms with Crippen molar-refractivity contribution < 1.29 is 4.74 Å². The Kier molecular flexibility index (Phi) is 2.67. The summed E-state index contributed by atoms with van der Waals surface area (Å²) in [4.78, 5) is 8.96. The molecule has 0 amide bonds. The Morgan fingerprint density at radius 3 is 2.41 bits per heavy atom. The predicted octanol–water partition coefficient (Wildman–Crippen LogP) is 1.87. The summed E-state index contributed by atoms with van der Waals surface area (Å²) in [5.74, 6) is 0.608. The van der Waals surface area contributed by atoms with Crippen LogP contribution in [0.5, 0.6) is 0 Å². The van der Waals surface area contributed by atoms with Crippen molar-refractivity contribution in [2.45, 2.75) is 38.5 Å². The van der Waals surface area contributed by atoms with Crippen LogP contribution in [0.3, 0.4) is 0 Å². The highest BCUT2D eigenvalue weighted by molar-refractivity contribution is 5.28. The Balaban J connectivity index is 2.50. The zero-order chi connectivity index (χ0) is 12.7. The Morgan fingerprint density at radius 2 is 2.00 bits per heavy atom. The maximum absolute atomic E-state index is 9.26. The van der Waals surface area contributed by atoms with Crippen LogP contribution in [0, 0.1) is 18.3 Å². The molecule has 1 saturated heterocycles. The third-order valence-electron chi connectivity index (χ3n) is 2.96. The van der Waals surface area contributed by atoms with Crippen molar-refractivity contribution in [3.63, 3.8) is 0 Å². The summed E-state index contributed by atoms with van der Waals surface area (Å²) in [5, 5.41) is 9.26. The van der Waals surface area contributed by atoms with Crippen LogP contribution in [-0.2, 0) is 15.6 Å². The Morgan fingerprint density at radius 1 is 1.35 bits per heavy atom. The number of hydrogen-bond acceptors (Lipinski definition) is 4. The van der Waals surface area contributed by atoms with Gasteiger partial charge in [0.05, 0.1) is 19.3 Å². The first-order chi connectivity index (χ1) is 7.87. The number of ether oxygens (including phenoxy) is 1. The minimum Gasteiger partial charge on any atom is -0.377 e. The zero-order valence-electron chi connectivity index (χ0n) is 10.7. The van der Waals surface area contributed by atoms with E-state index in [1.807, 2.05) is 13.0 Å². The molecule has 1 aliphatic heterocycles. The van der Waals surface area contributed by atoms with E-state index in [0.717, 1.165) is 11.4 Å². The maximum Gasteiger partial charge on any atom is 0.163 e. The van der Waals surface area contributed by atoms with Crippen molar-refractivity contribution in [1.82, 2.24) is 9.97 Å². The van der Waals surface area contributed by atoms with E-state index in [-0.39, 0.29) is 5.41 Å². The van der Waals surface area contributed by atoms with E-state index in [4.69, 9.17) is 4.74 Å². The standard InChI is InChI=1S/C13H17N3O/c1-9-5-10(12(2,3)4)16-11(15-9)13(6-14)7-17-8-13/h5H,7-8H2,1-4H3. The summed E-state index contributed by atoms with van der Waals surface area (Å²) < 4.78 is 5.15. The molecular weight excluding hydrogens is 214 g/mol. The van der Waals surface area contributed by atoms with E-state index < -0.39 is 5.41 Å². The van der Waals surface area contributed by atoms with Crippen molar-refractivity contribution in [2.24, 2.45) is 0 Å². The summed E-state index contributed by atoms with van der Waals surface area (Å²) in [5.41, 5.74) is 1.21. The van der Waals surface area contributed by atoms with Gasteiger partial charge in [0.15, 0.2) is 11.2 Å². The average molecular weight is 231 g/mol. The molecule has 1 aromatic rings. The fourth-order valence-electron chi connectivity index (χ4n) is 1.72. The van der Waals surface area contributed by atoms with Gasteiger partial charge in [0.1, 0.15) is 0 Å². The van der Waals surface area contributed by atoms with Gasteiger partial charge in [-0.3, -0.25) is 0 Å². The molecule has 4 nitrogen and oxygen atoms in total. The van der Waals surface area contributed by atoms with Gasteiger partial charge in [-0.15, -0.1) is 0 Å². The topological polar surface area (TPSA) is 58.8 Å². The Bertz CT molecular complexity index is 478. The van der Waals surface area contributed by atoms with Crippen LogP contribution in [-0.4, -0.2) is 23.2 Å². The smallest absolute Gasteiger partial charge is 0.163 e. The van der Waals surface area contributed by atoms with Gasteiger partial charge in [0.2, 0.25) is 0 Å². The van der Waals surface area contributed by atoms with E-state index in [1.54, 1.807) is 0 Å². The zero-order valence-corrected chi connectivity index (χ0v) is 10.7. The molecule has 1 aromatic heterocycles. The van der Waals surface area contributed by atoms with Crippen LogP contribution in [0.1, 0.15) is 38.0 Å². The summed E-state index contributed by atoms with van der Waals surface area (Å²) in [6, 6.07) is 4.27. The number of aryl methyl sites for hydroxylation is 1. The minimum absolute atomic E-state index is 0.0380. The van der Waals surface area contributed by atoms with Crippen LogP contribution >= 0.6 is 0 Å². The number of hydrogen-bond donors (Lipinski definition) is 0. The van der Waals surface area contributed by atoms with Crippen LogP contribution < -0.4 is 0 Å². The van der Waals surface area contributed by atoms with E-state index >= 15 is 0 Å². The van der Waals surface area contributed by atoms with E-state index in [1.165, 1.54) is 0 Å². The minimum atomic E-state index is -0.633. The summed E-state index contributed by atoms with van der Waals surface area (Å²) in [6.07, 6.45) is 0. The number of aromatic nitrogens is 2. The third-order valence-corrected chi connectivity index (χ3v) is 2.96.